The summed E-state index contributed by atoms with van der Waals surface area (Å²) in [5.74, 6) is 0.743. The minimum atomic E-state index is -3.83. The Kier molecular flexibility index (Phi) is 3.76. The first-order valence-corrected chi connectivity index (χ1v) is 8.98. The number of nitrogens with zero attached hydrogens (tertiary/aromatic N) is 3. The van der Waals surface area contributed by atoms with Gasteiger partial charge in [-0.1, -0.05) is 0 Å². The van der Waals surface area contributed by atoms with Crippen LogP contribution in [0.5, 0.6) is 5.75 Å². The Morgan fingerprint density at radius 1 is 1.38 bits per heavy atom. The van der Waals surface area contributed by atoms with Crippen molar-refractivity contribution in [1.29, 1.82) is 5.26 Å². The molecule has 0 saturated carbocycles. The smallest absolute Gasteiger partial charge is 0.263 e. The molecule has 24 heavy (non-hydrogen) atoms. The Balaban J connectivity index is 1.95. The summed E-state index contributed by atoms with van der Waals surface area (Å²) in [7, 11) is -3.83. The highest BCUT2D eigenvalue weighted by Gasteiger charge is 2.24. The maximum absolute atomic E-state index is 12.6. The van der Waals surface area contributed by atoms with Gasteiger partial charge in [0, 0.05) is 12.6 Å². The number of benzene rings is 1. The number of fused-ring (bicyclic) bond motifs is 1. The van der Waals surface area contributed by atoms with Crippen molar-refractivity contribution in [1.82, 2.24) is 9.78 Å². The molecule has 1 N–H and O–H groups in total. The number of hydrogen-bond donors (Lipinski definition) is 1. The van der Waals surface area contributed by atoms with E-state index >= 15 is 0 Å². The van der Waals surface area contributed by atoms with Crippen LogP contribution in [-0.2, 0) is 22.0 Å². The average molecular weight is 346 g/mol. The van der Waals surface area contributed by atoms with Crippen molar-refractivity contribution in [3.63, 3.8) is 0 Å². The molecule has 0 amide bonds. The molecule has 1 aliphatic rings. The average Bonchev–Trinajstić information content (AvgIpc) is 3.11. The van der Waals surface area contributed by atoms with E-state index in [9.17, 15) is 13.7 Å². The molecule has 0 atom stereocenters. The second-order valence-electron chi connectivity index (χ2n) is 6.59. The molecule has 0 radical (unpaired) electrons. The van der Waals surface area contributed by atoms with E-state index < -0.39 is 10.0 Å². The van der Waals surface area contributed by atoms with Gasteiger partial charge in [0.2, 0.25) is 0 Å². The van der Waals surface area contributed by atoms with Crippen molar-refractivity contribution in [2.45, 2.75) is 37.6 Å². The van der Waals surface area contributed by atoms with Gasteiger partial charge in [-0.2, -0.15) is 10.4 Å². The van der Waals surface area contributed by atoms with Crippen LogP contribution >= 0.6 is 0 Å². The lowest BCUT2D eigenvalue weighted by Gasteiger charge is -2.18. The van der Waals surface area contributed by atoms with E-state index in [0.717, 1.165) is 5.56 Å². The van der Waals surface area contributed by atoms with E-state index in [1.807, 2.05) is 26.8 Å². The van der Waals surface area contributed by atoms with Gasteiger partial charge in [-0.05, 0) is 44.5 Å². The van der Waals surface area contributed by atoms with Gasteiger partial charge in [0.15, 0.2) is 5.82 Å². The zero-order valence-electron chi connectivity index (χ0n) is 13.7. The monoisotopic (exact) mass is 346 g/mol. The lowest BCUT2D eigenvalue weighted by Crippen LogP contribution is -2.22. The standard InChI is InChI=1S/C16H18N4O3S/c1-16(2,3)20-10-12(9-17)15(18-20)19-24(21,22)13-4-5-14-11(8-13)6-7-23-14/h4-5,8,10H,6-7H2,1-3H3,(H,18,19). The van der Waals surface area contributed by atoms with Crippen LogP contribution in [0.1, 0.15) is 31.9 Å². The van der Waals surface area contributed by atoms with Crippen LogP contribution in [0.15, 0.2) is 29.3 Å². The first kappa shape index (κ1) is 16.3. The second kappa shape index (κ2) is 5.53. The van der Waals surface area contributed by atoms with Crippen LogP contribution < -0.4 is 9.46 Å². The van der Waals surface area contributed by atoms with Crippen molar-refractivity contribution in [3.05, 3.63) is 35.5 Å². The Labute approximate surface area is 140 Å². The number of sulfonamides is 1. The number of aromatic nitrogens is 2. The number of nitrogens with one attached hydrogen (secondary N) is 1. The Bertz CT molecular complexity index is 933. The summed E-state index contributed by atoms with van der Waals surface area (Å²) in [5, 5.41) is 13.5. The highest BCUT2D eigenvalue weighted by molar-refractivity contribution is 7.92. The zero-order chi connectivity index (χ0) is 17.5. The number of nitriles is 1. The first-order chi connectivity index (χ1) is 11.2. The lowest BCUT2D eigenvalue weighted by atomic mass is 10.1. The molecule has 0 unspecified atom stereocenters. The van der Waals surface area contributed by atoms with Gasteiger partial charge >= 0.3 is 0 Å². The van der Waals surface area contributed by atoms with Crippen molar-refractivity contribution in [2.24, 2.45) is 0 Å². The van der Waals surface area contributed by atoms with E-state index in [0.29, 0.717) is 18.8 Å². The third kappa shape index (κ3) is 2.95. The normalized spacial score (nSPS) is 13.9. The second-order valence-corrected chi connectivity index (χ2v) is 8.27. The van der Waals surface area contributed by atoms with Crippen molar-refractivity contribution >= 4 is 15.8 Å². The van der Waals surface area contributed by atoms with E-state index in [2.05, 4.69) is 9.82 Å². The van der Waals surface area contributed by atoms with Gasteiger partial charge in [-0.25, -0.2) is 8.42 Å². The molecule has 126 valence electrons. The molecule has 2 aromatic rings. The molecular weight excluding hydrogens is 328 g/mol. The molecule has 3 rings (SSSR count). The summed E-state index contributed by atoms with van der Waals surface area (Å²) >= 11 is 0. The third-order valence-electron chi connectivity index (χ3n) is 3.72. The minimum Gasteiger partial charge on any atom is -0.493 e. The quantitative estimate of drug-likeness (QED) is 0.919. The van der Waals surface area contributed by atoms with Gasteiger partial charge in [0.05, 0.1) is 17.0 Å². The fourth-order valence-corrected chi connectivity index (χ4v) is 3.46. The van der Waals surface area contributed by atoms with Crippen LogP contribution in [-0.4, -0.2) is 24.8 Å². The SMILES string of the molecule is CC(C)(C)n1cc(C#N)c(NS(=O)(=O)c2ccc3c(c2)CCO3)n1. The third-order valence-corrected chi connectivity index (χ3v) is 5.06. The maximum Gasteiger partial charge on any atom is 0.263 e. The molecule has 1 aliphatic heterocycles. The van der Waals surface area contributed by atoms with E-state index in [-0.39, 0.29) is 21.8 Å². The van der Waals surface area contributed by atoms with E-state index in [1.54, 1.807) is 16.8 Å². The highest BCUT2D eigenvalue weighted by atomic mass is 32.2. The Morgan fingerprint density at radius 2 is 2.12 bits per heavy atom. The number of hydrogen-bond acceptors (Lipinski definition) is 5. The van der Waals surface area contributed by atoms with Gasteiger partial charge < -0.3 is 4.74 Å². The molecular formula is C16H18N4O3S. The number of rotatable bonds is 3. The summed E-state index contributed by atoms with van der Waals surface area (Å²) in [4.78, 5) is 0.126. The number of ether oxygens (including phenoxy) is 1. The van der Waals surface area contributed by atoms with Crippen molar-refractivity contribution < 1.29 is 13.2 Å². The predicted octanol–water partition coefficient (Wildman–Crippen LogP) is 2.25. The van der Waals surface area contributed by atoms with Gasteiger partial charge in [-0.15, -0.1) is 0 Å². The van der Waals surface area contributed by atoms with E-state index in [4.69, 9.17) is 4.74 Å². The van der Waals surface area contributed by atoms with Crippen LogP contribution in [0.4, 0.5) is 5.82 Å². The van der Waals surface area contributed by atoms with Gasteiger partial charge in [0.25, 0.3) is 10.0 Å². The summed E-state index contributed by atoms with van der Waals surface area (Å²) in [5.41, 5.74) is 0.678. The molecule has 0 bridgehead atoms. The molecule has 0 fully saturated rings. The van der Waals surface area contributed by atoms with Gasteiger partial charge in [-0.3, -0.25) is 9.40 Å². The largest absolute Gasteiger partial charge is 0.493 e. The Hall–Kier alpha value is -2.53. The summed E-state index contributed by atoms with van der Waals surface area (Å²) < 4.78 is 34.6. The van der Waals surface area contributed by atoms with Crippen LogP contribution in [0.25, 0.3) is 0 Å². The molecule has 8 heteroatoms. The zero-order valence-corrected chi connectivity index (χ0v) is 14.5. The van der Waals surface area contributed by atoms with Gasteiger partial charge in [0.1, 0.15) is 17.4 Å². The molecule has 7 nitrogen and oxygen atoms in total. The number of anilines is 1. The lowest BCUT2D eigenvalue weighted by molar-refractivity contribution is 0.356. The highest BCUT2D eigenvalue weighted by Crippen LogP contribution is 2.29. The molecule has 1 aromatic heterocycles. The van der Waals surface area contributed by atoms with Crippen molar-refractivity contribution in [2.75, 3.05) is 11.3 Å². The fraction of sp³-hybridized carbons (Fsp3) is 0.375. The molecule has 0 aliphatic carbocycles. The molecule has 0 spiro atoms. The van der Waals surface area contributed by atoms with E-state index in [1.165, 1.54) is 12.3 Å². The van der Waals surface area contributed by atoms with Crippen molar-refractivity contribution in [3.8, 4) is 11.8 Å². The molecule has 2 heterocycles. The van der Waals surface area contributed by atoms with Crippen LogP contribution in [0, 0.1) is 11.3 Å². The fourth-order valence-electron chi connectivity index (χ4n) is 2.39. The summed E-state index contributed by atoms with van der Waals surface area (Å²) in [6.07, 6.45) is 2.22. The Morgan fingerprint density at radius 3 is 2.79 bits per heavy atom. The summed E-state index contributed by atoms with van der Waals surface area (Å²) in [6, 6.07) is 6.70. The summed E-state index contributed by atoms with van der Waals surface area (Å²) in [6.45, 7) is 6.31. The topological polar surface area (TPSA) is 97.0 Å². The first-order valence-electron chi connectivity index (χ1n) is 7.49. The van der Waals surface area contributed by atoms with Crippen LogP contribution in [0.3, 0.4) is 0 Å². The minimum absolute atomic E-state index is 0.0316. The predicted molar refractivity (Wildman–Crippen MR) is 88.4 cm³/mol. The molecule has 1 aromatic carbocycles. The van der Waals surface area contributed by atoms with Crippen LogP contribution in [0.2, 0.25) is 0 Å². The molecule has 0 saturated heterocycles. The maximum atomic E-state index is 12.6.